The fourth-order valence-corrected chi connectivity index (χ4v) is 2.94. The van der Waals surface area contributed by atoms with Gasteiger partial charge in [-0.1, -0.05) is 52.0 Å². The van der Waals surface area contributed by atoms with Crippen LogP contribution >= 0.6 is 0 Å². The molecule has 0 radical (unpaired) electrons. The number of amides is 1. The van der Waals surface area contributed by atoms with Crippen molar-refractivity contribution >= 4 is 22.9 Å². The lowest BCUT2D eigenvalue weighted by Gasteiger charge is -2.11. The predicted molar refractivity (Wildman–Crippen MR) is 138 cm³/mol. The summed E-state index contributed by atoms with van der Waals surface area (Å²) in [4.78, 5) is 28.7. The SMILES string of the molecule is C=CC.CC.CC.CNC(=O)c1ccc2c(c1)nc(-c1ccccc1C(=O)OC)n2CCN. The van der Waals surface area contributed by atoms with E-state index < -0.39 is 5.97 Å². The normalized spacial score (nSPS) is 9.21. The van der Waals surface area contributed by atoms with Gasteiger partial charge >= 0.3 is 5.97 Å². The van der Waals surface area contributed by atoms with E-state index in [2.05, 4.69) is 16.9 Å². The summed E-state index contributed by atoms with van der Waals surface area (Å²) in [5.41, 5.74) is 8.89. The molecule has 3 rings (SSSR count). The summed E-state index contributed by atoms with van der Waals surface area (Å²) in [5.74, 6) is -0.00435. The number of carbonyl (C=O) groups is 2. The molecular formula is C26H38N4O3. The molecule has 33 heavy (non-hydrogen) atoms. The Bertz CT molecular complexity index is 1030. The van der Waals surface area contributed by atoms with Crippen LogP contribution in [0.25, 0.3) is 22.4 Å². The first-order valence-electron chi connectivity index (χ1n) is 11.2. The Morgan fingerprint density at radius 1 is 1.15 bits per heavy atom. The highest BCUT2D eigenvalue weighted by Gasteiger charge is 2.19. The van der Waals surface area contributed by atoms with E-state index in [9.17, 15) is 9.59 Å². The number of ether oxygens (including phenoxy) is 1. The molecule has 0 bridgehead atoms. The maximum atomic E-state index is 12.1. The summed E-state index contributed by atoms with van der Waals surface area (Å²) < 4.78 is 6.83. The molecule has 1 heterocycles. The van der Waals surface area contributed by atoms with Gasteiger partial charge in [0.05, 0.1) is 23.7 Å². The second kappa shape index (κ2) is 16.2. The number of carbonyl (C=O) groups excluding carboxylic acids is 2. The van der Waals surface area contributed by atoms with E-state index in [0.717, 1.165) is 5.52 Å². The monoisotopic (exact) mass is 454 g/mol. The van der Waals surface area contributed by atoms with Crippen LogP contribution in [-0.2, 0) is 11.3 Å². The van der Waals surface area contributed by atoms with Crippen LogP contribution in [0.3, 0.4) is 0 Å². The number of nitrogens with zero attached hydrogens (tertiary/aromatic N) is 2. The predicted octanol–water partition coefficient (Wildman–Crippen LogP) is 5.05. The molecule has 0 aliphatic carbocycles. The van der Waals surface area contributed by atoms with Gasteiger partial charge in [0.25, 0.3) is 5.91 Å². The zero-order valence-corrected chi connectivity index (χ0v) is 20.9. The van der Waals surface area contributed by atoms with Crippen LogP contribution in [-0.4, -0.2) is 42.1 Å². The van der Waals surface area contributed by atoms with Crippen LogP contribution in [0.4, 0.5) is 0 Å². The molecule has 3 N–H and O–H groups in total. The lowest BCUT2D eigenvalue weighted by atomic mass is 10.1. The largest absolute Gasteiger partial charge is 0.465 e. The highest BCUT2D eigenvalue weighted by atomic mass is 16.5. The molecule has 0 atom stereocenters. The molecule has 0 aliphatic rings. The van der Waals surface area contributed by atoms with E-state index in [1.54, 1.807) is 37.4 Å². The summed E-state index contributed by atoms with van der Waals surface area (Å²) >= 11 is 0. The van der Waals surface area contributed by atoms with E-state index in [1.165, 1.54) is 7.11 Å². The van der Waals surface area contributed by atoms with Crippen molar-refractivity contribution in [2.45, 2.75) is 41.2 Å². The van der Waals surface area contributed by atoms with Crippen LogP contribution in [0, 0.1) is 0 Å². The van der Waals surface area contributed by atoms with Gasteiger partial charge in [-0.05, 0) is 31.2 Å². The number of methoxy groups -OCH3 is 1. The first kappa shape index (κ1) is 29.5. The first-order valence-corrected chi connectivity index (χ1v) is 11.2. The highest BCUT2D eigenvalue weighted by molar-refractivity contribution is 5.99. The minimum absolute atomic E-state index is 0.184. The zero-order valence-electron chi connectivity index (χ0n) is 20.9. The first-order chi connectivity index (χ1) is 16.0. The van der Waals surface area contributed by atoms with Gasteiger partial charge in [0.15, 0.2) is 0 Å². The number of aromatic nitrogens is 2. The Balaban J connectivity index is 0.00000132. The number of fused-ring (bicyclic) bond motifs is 1. The molecule has 1 aromatic heterocycles. The molecule has 7 nitrogen and oxygen atoms in total. The average Bonchev–Trinajstić information content (AvgIpc) is 3.23. The van der Waals surface area contributed by atoms with Gasteiger partial charge in [-0.2, -0.15) is 0 Å². The van der Waals surface area contributed by atoms with Crippen LogP contribution in [0.5, 0.6) is 0 Å². The smallest absolute Gasteiger partial charge is 0.338 e. The Kier molecular flexibility index (Phi) is 14.5. The van der Waals surface area contributed by atoms with Gasteiger partial charge in [0.2, 0.25) is 0 Å². The molecule has 0 saturated heterocycles. The number of nitrogens with one attached hydrogen (secondary N) is 1. The van der Waals surface area contributed by atoms with Crippen molar-refractivity contribution in [2.75, 3.05) is 20.7 Å². The molecular weight excluding hydrogens is 416 g/mol. The number of rotatable bonds is 5. The summed E-state index contributed by atoms with van der Waals surface area (Å²) in [6.07, 6.45) is 1.75. The average molecular weight is 455 g/mol. The Hall–Kier alpha value is -3.45. The number of nitrogens with two attached hydrogens (primary N) is 1. The van der Waals surface area contributed by atoms with Crippen LogP contribution in [0.15, 0.2) is 55.1 Å². The van der Waals surface area contributed by atoms with Gasteiger partial charge in [0.1, 0.15) is 5.82 Å². The summed E-state index contributed by atoms with van der Waals surface area (Å²) in [7, 11) is 2.93. The maximum absolute atomic E-state index is 12.1. The van der Waals surface area contributed by atoms with Gasteiger partial charge in [-0.3, -0.25) is 4.79 Å². The third-order valence-electron chi connectivity index (χ3n) is 4.16. The highest BCUT2D eigenvalue weighted by Crippen LogP contribution is 2.28. The van der Waals surface area contributed by atoms with E-state index in [0.29, 0.717) is 41.1 Å². The third kappa shape index (κ3) is 7.57. The quantitative estimate of drug-likeness (QED) is 0.415. The van der Waals surface area contributed by atoms with Crippen molar-refractivity contribution < 1.29 is 14.3 Å². The molecule has 0 spiro atoms. The maximum Gasteiger partial charge on any atom is 0.338 e. The minimum atomic E-state index is -0.432. The lowest BCUT2D eigenvalue weighted by Crippen LogP contribution is -2.17. The van der Waals surface area contributed by atoms with Crippen LogP contribution < -0.4 is 11.1 Å². The van der Waals surface area contributed by atoms with Crippen molar-refractivity contribution in [3.05, 3.63) is 66.2 Å². The molecule has 180 valence electrons. The molecule has 0 saturated carbocycles. The van der Waals surface area contributed by atoms with Gasteiger partial charge in [-0.25, -0.2) is 9.78 Å². The summed E-state index contributed by atoms with van der Waals surface area (Å²) in [6, 6.07) is 12.4. The molecule has 3 aromatic rings. The van der Waals surface area contributed by atoms with E-state index in [4.69, 9.17) is 10.5 Å². The standard InChI is InChI=1S/C19H20N4O3.C3H6.2C2H6/c1-21-18(24)12-7-8-16-15(11-12)22-17(23(16)10-9-20)13-5-3-4-6-14(13)19(25)26-2;1-3-2;2*1-2/h3-8,11H,9-10,20H2,1-2H3,(H,21,24);3H,1H2,2H3;2*1-2H3. The van der Waals surface area contributed by atoms with E-state index in [-0.39, 0.29) is 5.91 Å². The Morgan fingerprint density at radius 2 is 1.76 bits per heavy atom. The summed E-state index contributed by atoms with van der Waals surface area (Å²) in [5, 5.41) is 2.60. The van der Waals surface area contributed by atoms with Gasteiger partial charge in [0, 0.05) is 31.3 Å². The van der Waals surface area contributed by atoms with Crippen molar-refractivity contribution in [3.8, 4) is 11.4 Å². The van der Waals surface area contributed by atoms with Crippen molar-refractivity contribution in [1.29, 1.82) is 0 Å². The van der Waals surface area contributed by atoms with Gasteiger partial charge < -0.3 is 20.4 Å². The number of imidazole rings is 1. The molecule has 0 fully saturated rings. The van der Waals surface area contributed by atoms with Crippen LogP contribution in [0.1, 0.15) is 55.3 Å². The number of hydrogen-bond donors (Lipinski definition) is 2. The van der Waals surface area contributed by atoms with Crippen molar-refractivity contribution in [2.24, 2.45) is 5.73 Å². The number of allylic oxidation sites excluding steroid dienone is 1. The molecule has 1 amide bonds. The Labute approximate surface area is 197 Å². The van der Waals surface area contributed by atoms with E-state index in [1.807, 2.05) is 57.4 Å². The lowest BCUT2D eigenvalue weighted by molar-refractivity contribution is 0.0601. The van der Waals surface area contributed by atoms with Crippen molar-refractivity contribution in [1.82, 2.24) is 14.9 Å². The molecule has 7 heteroatoms. The van der Waals surface area contributed by atoms with Crippen molar-refractivity contribution in [3.63, 3.8) is 0 Å². The zero-order chi connectivity index (χ0) is 25.4. The third-order valence-corrected chi connectivity index (χ3v) is 4.16. The second-order valence-electron chi connectivity index (χ2n) is 6.10. The number of esters is 1. The Morgan fingerprint density at radius 3 is 2.30 bits per heavy atom. The topological polar surface area (TPSA) is 99.2 Å². The fraction of sp³-hybridized carbons (Fsp3) is 0.346. The molecule has 2 aromatic carbocycles. The number of hydrogen-bond acceptors (Lipinski definition) is 5. The molecule has 0 unspecified atom stereocenters. The fourth-order valence-electron chi connectivity index (χ4n) is 2.94. The minimum Gasteiger partial charge on any atom is -0.465 e. The van der Waals surface area contributed by atoms with E-state index >= 15 is 0 Å². The van der Waals surface area contributed by atoms with Gasteiger partial charge in [-0.15, -0.1) is 6.58 Å². The number of benzene rings is 2. The summed E-state index contributed by atoms with van der Waals surface area (Å²) in [6.45, 7) is 14.2. The second-order valence-corrected chi connectivity index (χ2v) is 6.10. The van der Waals surface area contributed by atoms with Crippen LogP contribution in [0.2, 0.25) is 0 Å². The molecule has 0 aliphatic heterocycles.